The van der Waals surface area contributed by atoms with Crippen molar-refractivity contribution < 1.29 is 41.7 Å². The van der Waals surface area contributed by atoms with Crippen LogP contribution in [0.3, 0.4) is 0 Å². The van der Waals surface area contributed by atoms with Crippen molar-refractivity contribution in [2.24, 2.45) is 0 Å². The second-order valence-electron chi connectivity index (χ2n) is 9.69. The number of phosphoric acid groups is 2. The zero-order chi connectivity index (χ0) is 33.0. The van der Waals surface area contributed by atoms with Crippen LogP contribution in [0.1, 0.15) is 0 Å². The average Bonchev–Trinajstić information content (AvgIpc) is 3.07. The van der Waals surface area contributed by atoms with Crippen LogP contribution in [-0.2, 0) is 13.4 Å². The molecule has 2 N–H and O–H groups in total. The fraction of sp³-hybridized carbons (Fsp3) is 0. The molecule has 0 saturated heterocycles. The number of phenols is 2. The van der Waals surface area contributed by atoms with E-state index in [-0.39, 0.29) is 34.5 Å². The molecule has 0 amide bonds. The highest BCUT2D eigenvalue weighted by Gasteiger charge is 2.46. The molecule has 0 radical (unpaired) electrons. The van der Waals surface area contributed by atoms with Crippen molar-refractivity contribution in [1.82, 2.24) is 0 Å². The number of hydrogen-bond donors (Lipinski definition) is 2. The van der Waals surface area contributed by atoms with Crippen molar-refractivity contribution in [2.45, 2.75) is 0 Å². The molecule has 9 nitrogen and oxygen atoms in total. The summed E-state index contributed by atoms with van der Waals surface area (Å²) in [6.07, 6.45) is 0. The van der Waals surface area contributed by atoms with Crippen molar-refractivity contribution in [3.8, 4) is 45.6 Å². The Morgan fingerprint density at radius 1 is 0.340 bits per heavy atom. The van der Waals surface area contributed by atoms with Crippen LogP contribution in [0.25, 0.3) is 11.1 Å². The lowest BCUT2D eigenvalue weighted by Crippen LogP contribution is -2.10. The van der Waals surface area contributed by atoms with Crippen molar-refractivity contribution in [1.29, 1.82) is 0 Å². The lowest BCUT2D eigenvalue weighted by atomic mass is 10.1. The molecule has 0 heterocycles. The van der Waals surface area contributed by atoms with E-state index in [0.29, 0.717) is 0 Å². The molecule has 0 aliphatic heterocycles. The van der Waals surface area contributed by atoms with E-state index in [1.54, 1.807) is 146 Å². The Morgan fingerprint density at radius 2 is 0.574 bits per heavy atom. The summed E-state index contributed by atoms with van der Waals surface area (Å²) >= 11 is 0. The molecular formula is C36H30O9P2. The van der Waals surface area contributed by atoms with Gasteiger partial charge in [0.05, 0.1) is 0 Å². The molecule has 0 bridgehead atoms. The number of phosphoric ester groups is 2. The zero-order valence-electron chi connectivity index (χ0n) is 24.8. The molecular weight excluding hydrogens is 638 g/mol. The molecule has 0 spiro atoms. The maximum Gasteiger partial charge on any atom is 0.598 e. The minimum atomic E-state index is -4.57. The van der Waals surface area contributed by atoms with Crippen molar-refractivity contribution in [3.63, 3.8) is 0 Å². The van der Waals surface area contributed by atoms with Gasteiger partial charge < -0.3 is 28.3 Å². The van der Waals surface area contributed by atoms with Crippen LogP contribution >= 0.6 is 15.6 Å². The molecule has 0 aromatic heterocycles. The van der Waals surface area contributed by atoms with Crippen LogP contribution < -0.4 is 18.1 Å². The minimum absolute atomic E-state index is 0.183. The van der Waals surface area contributed by atoms with Crippen LogP contribution in [0.2, 0.25) is 0 Å². The Bertz CT molecular complexity index is 1670. The number of hydrogen-bond acceptors (Lipinski definition) is 9. The van der Waals surface area contributed by atoms with Gasteiger partial charge in [-0.15, -0.1) is 4.31 Å². The Morgan fingerprint density at radius 3 is 0.809 bits per heavy atom. The highest BCUT2D eigenvalue weighted by Crippen LogP contribution is 2.64. The van der Waals surface area contributed by atoms with Gasteiger partial charge in [-0.25, -0.2) is 9.13 Å². The van der Waals surface area contributed by atoms with Gasteiger partial charge in [-0.3, -0.25) is 0 Å². The fourth-order valence-electron chi connectivity index (χ4n) is 3.98. The summed E-state index contributed by atoms with van der Waals surface area (Å²) in [6, 6.07) is 46.9. The van der Waals surface area contributed by atoms with Gasteiger partial charge in [0.15, 0.2) is 0 Å². The molecule has 6 rings (SSSR count). The molecule has 47 heavy (non-hydrogen) atoms. The quantitative estimate of drug-likeness (QED) is 0.130. The maximum absolute atomic E-state index is 13.7. The monoisotopic (exact) mass is 668 g/mol. The summed E-state index contributed by atoms with van der Waals surface area (Å²) in [4.78, 5) is 0. The van der Waals surface area contributed by atoms with E-state index in [4.69, 9.17) is 32.6 Å². The van der Waals surface area contributed by atoms with Gasteiger partial charge in [0.1, 0.15) is 34.5 Å². The minimum Gasteiger partial charge on any atom is -0.508 e. The van der Waals surface area contributed by atoms with E-state index in [2.05, 4.69) is 0 Å². The van der Waals surface area contributed by atoms with E-state index in [1.165, 1.54) is 0 Å². The largest absolute Gasteiger partial charge is 0.598 e. The van der Waals surface area contributed by atoms with Crippen molar-refractivity contribution >= 4 is 15.6 Å². The molecule has 238 valence electrons. The fourth-order valence-corrected chi connectivity index (χ4v) is 7.08. The Hall–Kier alpha value is -5.46. The van der Waals surface area contributed by atoms with Gasteiger partial charge in [0.2, 0.25) is 0 Å². The summed E-state index contributed by atoms with van der Waals surface area (Å²) in [6.45, 7) is 0. The van der Waals surface area contributed by atoms with E-state index < -0.39 is 15.6 Å². The van der Waals surface area contributed by atoms with E-state index in [9.17, 15) is 9.13 Å². The van der Waals surface area contributed by atoms with Crippen LogP contribution in [0, 0.1) is 0 Å². The summed E-state index contributed by atoms with van der Waals surface area (Å²) in [5.41, 5.74) is 2.03. The molecule has 0 unspecified atom stereocenters. The topological polar surface area (TPSA) is 121 Å². The molecule has 6 aromatic rings. The standard InChI is InChI=1S/C24H20O7P2.C12H10O2/c25-32(27-21-13-5-1-6-14-21,28-22-15-7-2-8-16-22)31-33(26,29-23-17-9-3-10-18-23)30-24-19-11-4-12-20-24;13-11-5-1-9(2-6-11)10-3-7-12(14)8-4-10/h1-20H;1-8,13-14H. The number of aromatic hydroxyl groups is 2. The number of rotatable bonds is 11. The molecule has 11 heteroatoms. The van der Waals surface area contributed by atoms with Gasteiger partial charge in [-0.2, -0.15) is 0 Å². The third kappa shape index (κ3) is 10.3. The van der Waals surface area contributed by atoms with Gasteiger partial charge >= 0.3 is 15.6 Å². The van der Waals surface area contributed by atoms with Crippen molar-refractivity contribution in [2.75, 3.05) is 0 Å². The summed E-state index contributed by atoms with van der Waals surface area (Å²) in [5.74, 6) is 1.25. The van der Waals surface area contributed by atoms with E-state index in [1.807, 2.05) is 24.3 Å². The molecule has 0 aliphatic rings. The Kier molecular flexibility index (Phi) is 11.0. The summed E-state index contributed by atoms with van der Waals surface area (Å²) in [7, 11) is -9.14. The number of para-hydroxylation sites is 4. The van der Waals surface area contributed by atoms with Crippen LogP contribution in [0.15, 0.2) is 170 Å². The molecule has 0 saturated carbocycles. The predicted molar refractivity (Wildman–Crippen MR) is 180 cm³/mol. The smallest absolute Gasteiger partial charge is 0.508 e. The van der Waals surface area contributed by atoms with Gasteiger partial charge in [0, 0.05) is 0 Å². The Labute approximate surface area is 272 Å². The lowest BCUT2D eigenvalue weighted by Gasteiger charge is -2.23. The number of phenolic OH excluding ortho intramolecular Hbond substituents is 2. The molecule has 6 aromatic carbocycles. The first-order valence-corrected chi connectivity index (χ1v) is 17.2. The predicted octanol–water partition coefficient (Wildman–Crippen LogP) is 10.3. The average molecular weight is 669 g/mol. The lowest BCUT2D eigenvalue weighted by molar-refractivity contribution is 0.243. The summed E-state index contributed by atoms with van der Waals surface area (Å²) < 4.78 is 55.2. The molecule has 0 fully saturated rings. The first-order chi connectivity index (χ1) is 22.8. The number of benzene rings is 6. The maximum atomic E-state index is 13.7. The van der Waals surface area contributed by atoms with Crippen molar-refractivity contribution in [3.05, 3.63) is 170 Å². The molecule has 0 atom stereocenters. The first-order valence-electron chi connectivity index (χ1n) is 14.3. The van der Waals surface area contributed by atoms with E-state index >= 15 is 0 Å². The SMILES string of the molecule is O=P(Oc1ccccc1)(Oc1ccccc1)OP(=O)(Oc1ccccc1)Oc1ccccc1.Oc1ccc(-c2ccc(O)cc2)cc1. The molecule has 0 aliphatic carbocycles. The second-order valence-corrected chi connectivity index (χ2v) is 12.9. The third-order valence-corrected chi connectivity index (χ3v) is 9.45. The van der Waals surface area contributed by atoms with Crippen LogP contribution in [0.5, 0.6) is 34.5 Å². The van der Waals surface area contributed by atoms with E-state index in [0.717, 1.165) is 11.1 Å². The van der Waals surface area contributed by atoms with Gasteiger partial charge in [-0.1, -0.05) is 97.1 Å². The second kappa shape index (κ2) is 15.7. The Balaban J connectivity index is 0.000000257. The third-order valence-electron chi connectivity index (χ3n) is 6.11. The highest BCUT2D eigenvalue weighted by molar-refractivity contribution is 7.63. The summed E-state index contributed by atoms with van der Waals surface area (Å²) in [5, 5.41) is 18.2. The normalized spacial score (nSPS) is 11.0. The van der Waals surface area contributed by atoms with Gasteiger partial charge in [0.25, 0.3) is 0 Å². The zero-order valence-corrected chi connectivity index (χ0v) is 26.6. The van der Waals surface area contributed by atoms with Crippen LogP contribution in [-0.4, -0.2) is 10.2 Å². The first kappa shape index (κ1) is 32.9. The van der Waals surface area contributed by atoms with Gasteiger partial charge in [-0.05, 0) is 83.9 Å². The van der Waals surface area contributed by atoms with Crippen LogP contribution in [0.4, 0.5) is 0 Å². The highest BCUT2D eigenvalue weighted by atomic mass is 31.3.